The highest BCUT2D eigenvalue weighted by Gasteiger charge is 2.58. The fourth-order valence-electron chi connectivity index (χ4n) is 3.46. The van der Waals surface area contributed by atoms with Crippen molar-refractivity contribution in [2.45, 2.75) is 24.7 Å². The molecule has 1 aliphatic carbocycles. The first-order valence-corrected chi connectivity index (χ1v) is 9.39. The molecule has 1 aromatic heterocycles. The molecule has 1 atom stereocenters. The Kier molecular flexibility index (Phi) is 4.91. The van der Waals surface area contributed by atoms with Gasteiger partial charge in [0.25, 0.3) is 5.92 Å². The van der Waals surface area contributed by atoms with Gasteiger partial charge in [0.15, 0.2) is 11.0 Å². The van der Waals surface area contributed by atoms with Crippen LogP contribution in [-0.2, 0) is 11.2 Å². The van der Waals surface area contributed by atoms with Gasteiger partial charge in [0.2, 0.25) is 5.91 Å². The molecular weight excluding hydrogens is 393 g/mol. The summed E-state index contributed by atoms with van der Waals surface area (Å²) in [6.07, 6.45) is -0.274. The quantitative estimate of drug-likeness (QED) is 0.776. The molecule has 2 fully saturated rings. The first-order chi connectivity index (χ1) is 13.3. The summed E-state index contributed by atoms with van der Waals surface area (Å²) in [5, 5.41) is 8.17. The lowest BCUT2D eigenvalue weighted by atomic mass is 10.0. The lowest BCUT2D eigenvalue weighted by Gasteiger charge is -2.35. The number of halogens is 4. The van der Waals surface area contributed by atoms with Crippen LogP contribution >= 0.6 is 11.6 Å². The van der Waals surface area contributed by atoms with Crippen LogP contribution in [0.5, 0.6) is 0 Å². The number of amides is 1. The van der Waals surface area contributed by atoms with Crippen molar-refractivity contribution in [1.29, 1.82) is 0 Å². The Balaban J connectivity index is 1.33. The largest absolute Gasteiger partial charge is 0.352 e. The molecule has 2 aliphatic rings. The van der Waals surface area contributed by atoms with Crippen LogP contribution in [0.2, 0.25) is 5.15 Å². The lowest BCUT2D eigenvalue weighted by molar-refractivity contribution is -0.130. The minimum Gasteiger partial charge on any atom is -0.352 e. The number of aromatic nitrogens is 2. The van der Waals surface area contributed by atoms with Gasteiger partial charge in [-0.05, 0) is 29.3 Å². The van der Waals surface area contributed by atoms with Crippen molar-refractivity contribution in [2.24, 2.45) is 0 Å². The van der Waals surface area contributed by atoms with Crippen LogP contribution in [0.15, 0.2) is 30.3 Å². The van der Waals surface area contributed by atoms with Crippen molar-refractivity contribution in [3.63, 3.8) is 0 Å². The Morgan fingerprint density at radius 2 is 1.86 bits per heavy atom. The first kappa shape index (κ1) is 19.0. The number of carbonyl (C=O) groups is 1. The van der Waals surface area contributed by atoms with Gasteiger partial charge in [0, 0.05) is 32.6 Å². The van der Waals surface area contributed by atoms with Gasteiger partial charge in [-0.3, -0.25) is 4.79 Å². The maximum atomic E-state index is 14.2. The molecule has 9 heteroatoms. The normalized spacial score (nSPS) is 20.9. The molecule has 1 saturated heterocycles. The summed E-state index contributed by atoms with van der Waals surface area (Å²) < 4.78 is 40.4. The van der Waals surface area contributed by atoms with Gasteiger partial charge in [-0.1, -0.05) is 23.7 Å². The maximum absolute atomic E-state index is 14.2. The van der Waals surface area contributed by atoms with E-state index in [2.05, 4.69) is 10.2 Å². The summed E-state index contributed by atoms with van der Waals surface area (Å²) in [5.41, 5.74) is 0.514. The second kappa shape index (κ2) is 7.24. The molecule has 0 spiro atoms. The Morgan fingerprint density at radius 3 is 2.43 bits per heavy atom. The summed E-state index contributed by atoms with van der Waals surface area (Å²) in [4.78, 5) is 16.2. The molecule has 148 valence electrons. The number of alkyl halides is 2. The number of nitrogens with zero attached hydrogens (tertiary/aromatic N) is 4. The minimum atomic E-state index is -2.81. The van der Waals surface area contributed by atoms with Crippen molar-refractivity contribution in [3.8, 4) is 0 Å². The Morgan fingerprint density at radius 1 is 1.14 bits per heavy atom. The molecule has 1 amide bonds. The maximum Gasteiger partial charge on any atom is 0.256 e. The van der Waals surface area contributed by atoms with Crippen LogP contribution in [0, 0.1) is 5.82 Å². The molecule has 2 heterocycles. The van der Waals surface area contributed by atoms with E-state index in [1.54, 1.807) is 23.1 Å². The predicted molar refractivity (Wildman–Crippen MR) is 98.2 cm³/mol. The van der Waals surface area contributed by atoms with E-state index in [0.717, 1.165) is 0 Å². The Bertz CT molecular complexity index is 885. The summed E-state index contributed by atoms with van der Waals surface area (Å²) in [6, 6.07) is 7.57. The van der Waals surface area contributed by atoms with E-state index in [1.165, 1.54) is 12.1 Å². The third-order valence-electron chi connectivity index (χ3n) is 5.20. The fraction of sp³-hybridized carbons (Fsp3) is 0.421. The van der Waals surface area contributed by atoms with Gasteiger partial charge >= 0.3 is 0 Å². The molecule has 1 aromatic carbocycles. The van der Waals surface area contributed by atoms with E-state index in [0.29, 0.717) is 42.7 Å². The summed E-state index contributed by atoms with van der Waals surface area (Å²) in [5.74, 6) is -3.94. The van der Waals surface area contributed by atoms with E-state index >= 15 is 0 Å². The first-order valence-electron chi connectivity index (χ1n) is 9.01. The van der Waals surface area contributed by atoms with Crippen molar-refractivity contribution in [3.05, 3.63) is 52.4 Å². The number of hydrogen-bond acceptors (Lipinski definition) is 4. The van der Waals surface area contributed by atoms with Gasteiger partial charge in [0.05, 0.1) is 12.3 Å². The van der Waals surface area contributed by atoms with Crippen molar-refractivity contribution in [1.82, 2.24) is 15.1 Å². The van der Waals surface area contributed by atoms with Crippen molar-refractivity contribution < 1.29 is 18.0 Å². The highest BCUT2D eigenvalue weighted by atomic mass is 35.5. The molecule has 5 nitrogen and oxygen atoms in total. The molecule has 1 saturated carbocycles. The van der Waals surface area contributed by atoms with Crippen LogP contribution in [0.4, 0.5) is 19.0 Å². The van der Waals surface area contributed by atoms with Gasteiger partial charge in [-0.25, -0.2) is 13.2 Å². The highest BCUT2D eigenvalue weighted by Crippen LogP contribution is 2.56. The van der Waals surface area contributed by atoms with Crippen LogP contribution in [0.25, 0.3) is 0 Å². The number of piperazine rings is 1. The van der Waals surface area contributed by atoms with Crippen molar-refractivity contribution in [2.75, 3.05) is 31.1 Å². The summed E-state index contributed by atoms with van der Waals surface area (Å²) in [6.45, 7) is 2.23. The van der Waals surface area contributed by atoms with Gasteiger partial charge in [-0.15, -0.1) is 10.2 Å². The van der Waals surface area contributed by atoms with Crippen LogP contribution in [0.3, 0.4) is 0 Å². The molecule has 0 N–H and O–H groups in total. The zero-order chi connectivity index (χ0) is 19.9. The van der Waals surface area contributed by atoms with E-state index in [9.17, 15) is 18.0 Å². The predicted octanol–water partition coefficient (Wildman–Crippen LogP) is 3.28. The summed E-state index contributed by atoms with van der Waals surface area (Å²) in [7, 11) is 0. The number of hydrogen-bond donors (Lipinski definition) is 0. The smallest absolute Gasteiger partial charge is 0.256 e. The molecule has 4 rings (SSSR count). The van der Waals surface area contributed by atoms with Crippen LogP contribution < -0.4 is 4.90 Å². The number of rotatable bonds is 4. The van der Waals surface area contributed by atoms with Gasteiger partial charge in [-0.2, -0.15) is 0 Å². The molecule has 1 unspecified atom stereocenters. The monoisotopic (exact) mass is 410 g/mol. The molecule has 1 aliphatic heterocycles. The average molecular weight is 411 g/mol. The standard InChI is InChI=1S/C19H18ClF3N4O/c20-16-3-4-17(25-24-16)26-5-7-27(8-6-26)18(28)10-12-1-2-13(15(21)9-12)14-11-19(14,22)23/h1-4,9,14H,5-8,10-11H2. The molecule has 28 heavy (non-hydrogen) atoms. The van der Waals surface area contributed by atoms with E-state index in [-0.39, 0.29) is 24.3 Å². The minimum absolute atomic E-state index is 0.0267. The second-order valence-corrected chi connectivity index (χ2v) is 7.52. The van der Waals surface area contributed by atoms with Gasteiger partial charge < -0.3 is 9.80 Å². The number of anilines is 1. The molecule has 0 radical (unpaired) electrons. The molecule has 2 aromatic rings. The van der Waals surface area contributed by atoms with Crippen LogP contribution in [0.1, 0.15) is 23.5 Å². The van der Waals surface area contributed by atoms with Crippen molar-refractivity contribution >= 4 is 23.3 Å². The zero-order valence-electron chi connectivity index (χ0n) is 14.9. The fourth-order valence-corrected chi connectivity index (χ4v) is 3.56. The number of carbonyl (C=O) groups excluding carboxylic acids is 1. The lowest BCUT2D eigenvalue weighted by Crippen LogP contribution is -2.49. The third-order valence-corrected chi connectivity index (χ3v) is 5.40. The van der Waals surface area contributed by atoms with E-state index < -0.39 is 17.7 Å². The molecular formula is C19H18ClF3N4O. The summed E-state index contributed by atoms with van der Waals surface area (Å²) >= 11 is 5.74. The Hall–Kier alpha value is -2.35. The Labute approximate surface area is 165 Å². The highest BCUT2D eigenvalue weighted by molar-refractivity contribution is 6.29. The average Bonchev–Trinajstić information content (AvgIpc) is 3.30. The third kappa shape index (κ3) is 3.92. The van der Waals surface area contributed by atoms with E-state index in [1.807, 2.05) is 4.90 Å². The SMILES string of the molecule is O=C(Cc1ccc(C2CC2(F)F)c(F)c1)N1CCN(c2ccc(Cl)nn2)CC1. The number of benzene rings is 1. The van der Waals surface area contributed by atoms with Gasteiger partial charge in [0.1, 0.15) is 5.82 Å². The zero-order valence-corrected chi connectivity index (χ0v) is 15.7. The van der Waals surface area contributed by atoms with Crippen LogP contribution in [-0.4, -0.2) is 53.1 Å². The topological polar surface area (TPSA) is 49.3 Å². The second-order valence-electron chi connectivity index (χ2n) is 7.13. The molecule has 0 bridgehead atoms. The van der Waals surface area contributed by atoms with E-state index in [4.69, 9.17) is 11.6 Å².